The molecule has 0 heterocycles. The predicted octanol–water partition coefficient (Wildman–Crippen LogP) is 1.95. The van der Waals surface area contributed by atoms with Crippen LogP contribution >= 0.6 is 0 Å². The van der Waals surface area contributed by atoms with Crippen LogP contribution in [0.25, 0.3) is 0 Å². The van der Waals surface area contributed by atoms with E-state index in [4.69, 9.17) is 0 Å². The third-order valence-corrected chi connectivity index (χ3v) is 3.02. The van der Waals surface area contributed by atoms with Crippen LogP contribution in [0, 0.1) is 11.8 Å². The standard InChI is InChI=1S/C10H19NO/c1-8(10(12)11-2)9-6-4-3-5-7-9/h8-9H,3-7H2,1-2H3,(H,11,12)/t8-/m0/s1. The molecule has 1 atom stereocenters. The van der Waals surface area contributed by atoms with E-state index in [2.05, 4.69) is 12.2 Å². The number of nitrogens with one attached hydrogen (secondary N) is 1. The van der Waals surface area contributed by atoms with Crippen molar-refractivity contribution in [2.75, 3.05) is 7.05 Å². The van der Waals surface area contributed by atoms with Crippen LogP contribution in [0.4, 0.5) is 0 Å². The average Bonchev–Trinajstić information content (AvgIpc) is 2.17. The Morgan fingerprint density at radius 3 is 2.42 bits per heavy atom. The van der Waals surface area contributed by atoms with Crippen LogP contribution in [0.3, 0.4) is 0 Å². The SMILES string of the molecule is CNC(=O)[C@@H](C)C1CCCCC1. The monoisotopic (exact) mass is 169 g/mol. The first-order valence-electron chi connectivity index (χ1n) is 4.97. The largest absolute Gasteiger partial charge is 0.359 e. The summed E-state index contributed by atoms with van der Waals surface area (Å²) in [5.74, 6) is 1.07. The molecule has 1 N–H and O–H groups in total. The second-order valence-corrected chi connectivity index (χ2v) is 3.80. The van der Waals surface area contributed by atoms with Gasteiger partial charge in [0, 0.05) is 13.0 Å². The Labute approximate surface area is 74.7 Å². The van der Waals surface area contributed by atoms with Crippen LogP contribution in [-0.2, 0) is 4.79 Å². The zero-order valence-electron chi connectivity index (χ0n) is 8.10. The molecule has 0 unspecified atom stereocenters. The minimum Gasteiger partial charge on any atom is -0.359 e. The number of carbonyl (C=O) groups is 1. The van der Waals surface area contributed by atoms with Crippen molar-refractivity contribution in [2.45, 2.75) is 39.0 Å². The van der Waals surface area contributed by atoms with E-state index in [1.807, 2.05) is 0 Å². The van der Waals surface area contributed by atoms with Crippen molar-refractivity contribution in [3.05, 3.63) is 0 Å². The minimum atomic E-state index is 0.210. The van der Waals surface area contributed by atoms with Gasteiger partial charge in [0.05, 0.1) is 0 Å². The molecule has 12 heavy (non-hydrogen) atoms. The molecule has 0 bridgehead atoms. The van der Waals surface area contributed by atoms with Crippen molar-refractivity contribution in [1.29, 1.82) is 0 Å². The summed E-state index contributed by atoms with van der Waals surface area (Å²) in [7, 11) is 1.72. The predicted molar refractivity (Wildman–Crippen MR) is 49.8 cm³/mol. The topological polar surface area (TPSA) is 29.1 Å². The smallest absolute Gasteiger partial charge is 0.222 e. The van der Waals surface area contributed by atoms with Gasteiger partial charge in [-0.05, 0) is 18.8 Å². The zero-order valence-corrected chi connectivity index (χ0v) is 8.10. The lowest BCUT2D eigenvalue weighted by molar-refractivity contribution is -0.125. The van der Waals surface area contributed by atoms with Crippen LogP contribution in [0.1, 0.15) is 39.0 Å². The second kappa shape index (κ2) is 4.48. The van der Waals surface area contributed by atoms with E-state index in [0.29, 0.717) is 5.92 Å². The molecule has 1 amide bonds. The van der Waals surface area contributed by atoms with Crippen LogP contribution in [0.5, 0.6) is 0 Å². The van der Waals surface area contributed by atoms with Gasteiger partial charge in [-0.15, -0.1) is 0 Å². The van der Waals surface area contributed by atoms with E-state index in [1.54, 1.807) is 7.05 Å². The lowest BCUT2D eigenvalue weighted by atomic mass is 9.80. The number of carbonyl (C=O) groups excluding carboxylic acids is 1. The van der Waals surface area contributed by atoms with Crippen molar-refractivity contribution >= 4 is 5.91 Å². The first-order chi connectivity index (χ1) is 5.75. The average molecular weight is 169 g/mol. The van der Waals surface area contributed by atoms with Gasteiger partial charge in [-0.1, -0.05) is 26.2 Å². The molecule has 0 aliphatic heterocycles. The summed E-state index contributed by atoms with van der Waals surface area (Å²) in [5, 5.41) is 2.72. The minimum absolute atomic E-state index is 0.210. The van der Waals surface area contributed by atoms with Crippen molar-refractivity contribution in [3.63, 3.8) is 0 Å². The first kappa shape index (κ1) is 9.56. The van der Waals surface area contributed by atoms with Crippen LogP contribution in [0.2, 0.25) is 0 Å². The van der Waals surface area contributed by atoms with E-state index < -0.39 is 0 Å². The highest BCUT2D eigenvalue weighted by Crippen LogP contribution is 2.29. The summed E-state index contributed by atoms with van der Waals surface area (Å²) >= 11 is 0. The molecule has 0 radical (unpaired) electrons. The molecule has 1 aliphatic rings. The molecule has 1 saturated carbocycles. The second-order valence-electron chi connectivity index (χ2n) is 3.80. The van der Waals surface area contributed by atoms with Gasteiger partial charge in [-0.25, -0.2) is 0 Å². The molecule has 2 heteroatoms. The third-order valence-electron chi connectivity index (χ3n) is 3.02. The highest BCUT2D eigenvalue weighted by molar-refractivity contribution is 5.78. The van der Waals surface area contributed by atoms with E-state index in [1.165, 1.54) is 32.1 Å². The molecule has 0 spiro atoms. The van der Waals surface area contributed by atoms with Crippen molar-refractivity contribution in [1.82, 2.24) is 5.32 Å². The van der Waals surface area contributed by atoms with E-state index >= 15 is 0 Å². The maximum atomic E-state index is 11.3. The molecule has 1 fully saturated rings. The molecule has 0 aromatic carbocycles. The number of hydrogen-bond acceptors (Lipinski definition) is 1. The Balaban J connectivity index is 2.39. The Kier molecular flexibility index (Phi) is 3.57. The summed E-state index contributed by atoms with van der Waals surface area (Å²) in [5.41, 5.74) is 0. The van der Waals surface area contributed by atoms with E-state index in [0.717, 1.165) is 0 Å². The number of amides is 1. The Hall–Kier alpha value is -0.530. The molecule has 2 nitrogen and oxygen atoms in total. The van der Waals surface area contributed by atoms with Crippen LogP contribution in [-0.4, -0.2) is 13.0 Å². The summed E-state index contributed by atoms with van der Waals surface area (Å²) in [6, 6.07) is 0. The van der Waals surface area contributed by atoms with Crippen molar-refractivity contribution in [3.8, 4) is 0 Å². The summed E-state index contributed by atoms with van der Waals surface area (Å²) in [6.45, 7) is 2.05. The zero-order chi connectivity index (χ0) is 8.97. The Morgan fingerprint density at radius 1 is 1.33 bits per heavy atom. The van der Waals surface area contributed by atoms with Gasteiger partial charge in [0.2, 0.25) is 5.91 Å². The van der Waals surface area contributed by atoms with Gasteiger partial charge in [0.15, 0.2) is 0 Å². The quantitative estimate of drug-likeness (QED) is 0.672. The molecule has 70 valence electrons. The third kappa shape index (κ3) is 2.23. The van der Waals surface area contributed by atoms with Gasteiger partial charge in [0.25, 0.3) is 0 Å². The fourth-order valence-electron chi connectivity index (χ4n) is 2.08. The maximum absolute atomic E-state index is 11.3. The summed E-state index contributed by atoms with van der Waals surface area (Å²) in [6.07, 6.45) is 6.47. The highest BCUT2D eigenvalue weighted by Gasteiger charge is 2.24. The molecular weight excluding hydrogens is 150 g/mol. The maximum Gasteiger partial charge on any atom is 0.222 e. The fraction of sp³-hybridized carbons (Fsp3) is 0.900. The van der Waals surface area contributed by atoms with Gasteiger partial charge in [0.1, 0.15) is 0 Å². The molecule has 0 aromatic rings. The van der Waals surface area contributed by atoms with Gasteiger partial charge >= 0.3 is 0 Å². The molecule has 1 rings (SSSR count). The normalized spacial score (nSPS) is 21.8. The molecule has 1 aliphatic carbocycles. The molecule has 0 saturated heterocycles. The Morgan fingerprint density at radius 2 is 1.92 bits per heavy atom. The van der Waals surface area contributed by atoms with E-state index in [9.17, 15) is 4.79 Å². The molecule has 0 aromatic heterocycles. The van der Waals surface area contributed by atoms with Crippen molar-refractivity contribution in [2.24, 2.45) is 11.8 Å². The van der Waals surface area contributed by atoms with Crippen molar-refractivity contribution < 1.29 is 4.79 Å². The first-order valence-corrected chi connectivity index (χ1v) is 4.97. The van der Waals surface area contributed by atoms with Gasteiger partial charge in [-0.3, -0.25) is 4.79 Å². The lowest BCUT2D eigenvalue weighted by Crippen LogP contribution is -2.31. The van der Waals surface area contributed by atoms with Gasteiger partial charge in [-0.2, -0.15) is 0 Å². The fourth-order valence-corrected chi connectivity index (χ4v) is 2.08. The Bertz CT molecular complexity index is 150. The number of hydrogen-bond donors (Lipinski definition) is 1. The highest BCUT2D eigenvalue weighted by atomic mass is 16.1. The summed E-state index contributed by atoms with van der Waals surface area (Å²) in [4.78, 5) is 11.3. The van der Waals surface area contributed by atoms with Gasteiger partial charge < -0.3 is 5.32 Å². The lowest BCUT2D eigenvalue weighted by Gasteiger charge is -2.26. The van der Waals surface area contributed by atoms with Crippen LogP contribution < -0.4 is 5.32 Å². The molecular formula is C10H19NO. The van der Waals surface area contributed by atoms with E-state index in [-0.39, 0.29) is 11.8 Å². The number of rotatable bonds is 2. The summed E-state index contributed by atoms with van der Waals surface area (Å²) < 4.78 is 0. The van der Waals surface area contributed by atoms with Crippen LogP contribution in [0.15, 0.2) is 0 Å².